The first-order valence-electron chi connectivity index (χ1n) is 9.16. The van der Waals surface area contributed by atoms with Crippen LogP contribution in [0.1, 0.15) is 60.1 Å². The average Bonchev–Trinajstić information content (AvgIpc) is 3.08. The van der Waals surface area contributed by atoms with Crippen LogP contribution in [0.3, 0.4) is 0 Å². The standard InChI is InChI=1S/C18H33N5O3/c1-7-18(8-2,22-16(24)26-17(4,5)6)13-21-15(19-9-3)20-12-14-10-11-25-23-14/h10-11H,7-9,12-13H2,1-6H3,(H,22,24)(H2,19,20,21). The first-order chi connectivity index (χ1) is 12.2. The highest BCUT2D eigenvalue weighted by Gasteiger charge is 2.30. The van der Waals surface area contributed by atoms with E-state index in [1.54, 1.807) is 6.07 Å². The smallest absolute Gasteiger partial charge is 0.408 e. The van der Waals surface area contributed by atoms with Crippen LogP contribution in [0.5, 0.6) is 0 Å². The van der Waals surface area contributed by atoms with Crippen molar-refractivity contribution in [2.75, 3.05) is 13.1 Å². The first-order valence-corrected chi connectivity index (χ1v) is 9.16. The molecule has 26 heavy (non-hydrogen) atoms. The van der Waals surface area contributed by atoms with E-state index >= 15 is 0 Å². The number of amides is 1. The number of aromatic nitrogens is 1. The molecule has 1 amide bonds. The van der Waals surface area contributed by atoms with Gasteiger partial charge < -0.3 is 25.2 Å². The van der Waals surface area contributed by atoms with Crippen LogP contribution in [0.4, 0.5) is 4.79 Å². The summed E-state index contributed by atoms with van der Waals surface area (Å²) in [6, 6.07) is 1.78. The van der Waals surface area contributed by atoms with E-state index in [1.807, 2.05) is 41.5 Å². The number of nitrogens with zero attached hydrogens (tertiary/aromatic N) is 2. The lowest BCUT2D eigenvalue weighted by molar-refractivity contribution is 0.0448. The van der Waals surface area contributed by atoms with Crippen LogP contribution in [-0.2, 0) is 11.3 Å². The van der Waals surface area contributed by atoms with Gasteiger partial charge in [-0.3, -0.25) is 0 Å². The van der Waals surface area contributed by atoms with Gasteiger partial charge in [-0.2, -0.15) is 0 Å². The number of guanidine groups is 1. The van der Waals surface area contributed by atoms with Gasteiger partial charge in [0.25, 0.3) is 0 Å². The van der Waals surface area contributed by atoms with Crippen molar-refractivity contribution in [1.82, 2.24) is 21.1 Å². The van der Waals surface area contributed by atoms with E-state index in [-0.39, 0.29) is 0 Å². The van der Waals surface area contributed by atoms with E-state index in [1.165, 1.54) is 6.26 Å². The Hall–Kier alpha value is -2.25. The SMILES string of the molecule is CCNC(=NCc1ccon1)NCC(CC)(CC)NC(=O)OC(C)(C)C. The fourth-order valence-corrected chi connectivity index (χ4v) is 2.31. The molecule has 0 aliphatic heterocycles. The second-order valence-corrected chi connectivity index (χ2v) is 7.15. The molecule has 0 saturated heterocycles. The molecule has 0 saturated carbocycles. The van der Waals surface area contributed by atoms with Crippen molar-refractivity contribution in [3.63, 3.8) is 0 Å². The zero-order valence-electron chi connectivity index (χ0n) is 16.8. The minimum atomic E-state index is -0.529. The van der Waals surface area contributed by atoms with Gasteiger partial charge in [-0.15, -0.1) is 0 Å². The summed E-state index contributed by atoms with van der Waals surface area (Å²) in [6.07, 6.45) is 2.64. The summed E-state index contributed by atoms with van der Waals surface area (Å²) in [7, 11) is 0. The Morgan fingerprint density at radius 2 is 1.92 bits per heavy atom. The number of aliphatic imine (C=N–C) groups is 1. The Morgan fingerprint density at radius 1 is 1.23 bits per heavy atom. The van der Waals surface area contributed by atoms with Crippen molar-refractivity contribution in [1.29, 1.82) is 0 Å². The second-order valence-electron chi connectivity index (χ2n) is 7.15. The van der Waals surface area contributed by atoms with E-state index in [4.69, 9.17) is 9.26 Å². The molecule has 1 aromatic rings. The molecule has 0 aliphatic rings. The molecule has 8 heteroatoms. The molecule has 0 atom stereocenters. The number of carbonyl (C=O) groups excluding carboxylic acids is 1. The maximum atomic E-state index is 12.2. The van der Waals surface area contributed by atoms with Crippen molar-refractivity contribution in [3.05, 3.63) is 18.0 Å². The fraction of sp³-hybridized carbons (Fsp3) is 0.722. The van der Waals surface area contributed by atoms with Crippen LogP contribution in [0, 0.1) is 0 Å². The van der Waals surface area contributed by atoms with Crippen LogP contribution in [0.15, 0.2) is 21.8 Å². The number of hydrogen-bond donors (Lipinski definition) is 3. The van der Waals surface area contributed by atoms with Gasteiger partial charge in [0.2, 0.25) is 0 Å². The van der Waals surface area contributed by atoms with Crippen molar-refractivity contribution in [3.8, 4) is 0 Å². The van der Waals surface area contributed by atoms with E-state index in [2.05, 4.69) is 26.1 Å². The monoisotopic (exact) mass is 367 g/mol. The predicted octanol–water partition coefficient (Wildman–Crippen LogP) is 2.81. The molecule has 0 bridgehead atoms. The van der Waals surface area contributed by atoms with Gasteiger partial charge in [-0.05, 0) is 40.5 Å². The summed E-state index contributed by atoms with van der Waals surface area (Å²) < 4.78 is 10.2. The lowest BCUT2D eigenvalue weighted by Gasteiger charge is -2.34. The Balaban J connectivity index is 2.73. The lowest BCUT2D eigenvalue weighted by atomic mass is 9.93. The van der Waals surface area contributed by atoms with Gasteiger partial charge in [0.15, 0.2) is 5.96 Å². The number of carbonyl (C=O) groups is 1. The van der Waals surface area contributed by atoms with Crippen LogP contribution in [0.2, 0.25) is 0 Å². The predicted molar refractivity (Wildman–Crippen MR) is 102 cm³/mol. The maximum Gasteiger partial charge on any atom is 0.408 e. The average molecular weight is 367 g/mol. The summed E-state index contributed by atoms with van der Waals surface area (Å²) in [5, 5.41) is 13.4. The molecular weight excluding hydrogens is 334 g/mol. The van der Waals surface area contributed by atoms with Gasteiger partial charge in [0, 0.05) is 19.2 Å². The summed E-state index contributed by atoms with van der Waals surface area (Å²) in [6.45, 7) is 13.3. The first kappa shape index (κ1) is 21.8. The Morgan fingerprint density at radius 3 is 2.42 bits per heavy atom. The molecule has 0 spiro atoms. The molecular formula is C18H33N5O3. The number of hydrogen-bond acceptors (Lipinski definition) is 5. The highest BCUT2D eigenvalue weighted by Crippen LogP contribution is 2.16. The van der Waals surface area contributed by atoms with Crippen molar-refractivity contribution >= 4 is 12.1 Å². The molecule has 3 N–H and O–H groups in total. The van der Waals surface area contributed by atoms with Crippen molar-refractivity contribution < 1.29 is 14.1 Å². The van der Waals surface area contributed by atoms with E-state index < -0.39 is 17.2 Å². The molecule has 1 heterocycles. The van der Waals surface area contributed by atoms with Crippen LogP contribution >= 0.6 is 0 Å². The maximum absolute atomic E-state index is 12.2. The fourth-order valence-electron chi connectivity index (χ4n) is 2.31. The molecule has 8 nitrogen and oxygen atoms in total. The topological polar surface area (TPSA) is 101 Å². The minimum Gasteiger partial charge on any atom is -0.444 e. The number of alkyl carbamates (subject to hydrolysis) is 1. The van der Waals surface area contributed by atoms with Crippen LogP contribution in [-0.4, -0.2) is 41.4 Å². The molecule has 0 aliphatic carbocycles. The summed E-state index contributed by atoms with van der Waals surface area (Å²) >= 11 is 0. The molecule has 0 aromatic carbocycles. The third-order valence-electron chi connectivity index (χ3n) is 3.95. The van der Waals surface area contributed by atoms with E-state index in [9.17, 15) is 4.79 Å². The Bertz CT molecular complexity index is 560. The van der Waals surface area contributed by atoms with E-state index in [0.717, 1.165) is 25.1 Å². The zero-order chi connectivity index (χ0) is 19.6. The molecule has 0 unspecified atom stereocenters. The summed E-state index contributed by atoms with van der Waals surface area (Å²) in [5.41, 5.74) is -0.197. The molecule has 1 aromatic heterocycles. The largest absolute Gasteiger partial charge is 0.444 e. The van der Waals surface area contributed by atoms with Crippen molar-refractivity contribution in [2.45, 2.75) is 72.1 Å². The normalized spacial score (nSPS) is 12.6. The zero-order valence-corrected chi connectivity index (χ0v) is 16.8. The van der Waals surface area contributed by atoms with E-state index in [0.29, 0.717) is 19.0 Å². The molecule has 1 rings (SSSR count). The third-order valence-corrected chi connectivity index (χ3v) is 3.95. The molecule has 0 fully saturated rings. The van der Waals surface area contributed by atoms with Gasteiger partial charge in [-0.25, -0.2) is 9.79 Å². The number of ether oxygens (including phenoxy) is 1. The number of nitrogens with one attached hydrogen (secondary N) is 3. The van der Waals surface area contributed by atoms with Gasteiger partial charge in [-0.1, -0.05) is 19.0 Å². The highest BCUT2D eigenvalue weighted by molar-refractivity contribution is 5.80. The lowest BCUT2D eigenvalue weighted by Crippen LogP contribution is -2.57. The van der Waals surface area contributed by atoms with Crippen LogP contribution < -0.4 is 16.0 Å². The molecule has 148 valence electrons. The minimum absolute atomic E-state index is 0.410. The van der Waals surface area contributed by atoms with Crippen molar-refractivity contribution in [2.24, 2.45) is 4.99 Å². The van der Waals surface area contributed by atoms with Gasteiger partial charge in [0.05, 0.1) is 12.1 Å². The molecule has 0 radical (unpaired) electrons. The second kappa shape index (κ2) is 10.0. The highest BCUT2D eigenvalue weighted by atomic mass is 16.6. The van der Waals surface area contributed by atoms with Crippen LogP contribution in [0.25, 0.3) is 0 Å². The Kier molecular flexibility index (Phi) is 8.41. The number of rotatable bonds is 8. The third kappa shape index (κ3) is 7.76. The van der Waals surface area contributed by atoms with Gasteiger partial charge in [0.1, 0.15) is 17.6 Å². The van der Waals surface area contributed by atoms with Gasteiger partial charge >= 0.3 is 6.09 Å². The Labute approximate surface area is 156 Å². The quantitative estimate of drug-likeness (QED) is 0.482. The summed E-state index contributed by atoms with van der Waals surface area (Å²) in [4.78, 5) is 16.7. The summed E-state index contributed by atoms with van der Waals surface area (Å²) in [5.74, 6) is 0.660.